The van der Waals surface area contributed by atoms with E-state index in [2.05, 4.69) is 11.4 Å². The second kappa shape index (κ2) is 3.79. The molecule has 1 aromatic carbocycles. The number of nitrogens with zero attached hydrogens (tertiary/aromatic N) is 1. The van der Waals surface area contributed by atoms with Crippen LogP contribution in [0.2, 0.25) is 0 Å². The largest absolute Gasteiger partial charge is 0.395 e. The number of nitrogens with one attached hydrogen (secondary N) is 1. The van der Waals surface area contributed by atoms with E-state index in [1.54, 1.807) is 0 Å². The van der Waals surface area contributed by atoms with Crippen molar-refractivity contribution in [1.82, 2.24) is 5.32 Å². The number of aliphatic hydroxyl groups excluding tert-OH is 1. The number of nitriles is 1. The topological polar surface area (TPSA) is 56.0 Å². The van der Waals surface area contributed by atoms with E-state index < -0.39 is 0 Å². The van der Waals surface area contributed by atoms with Crippen LogP contribution in [-0.4, -0.2) is 23.8 Å². The predicted octanol–water partition coefficient (Wildman–Crippen LogP) is 0.626. The Morgan fingerprint density at radius 2 is 2.07 bits per heavy atom. The molecule has 0 unspecified atom stereocenters. The van der Waals surface area contributed by atoms with Gasteiger partial charge in [-0.05, 0) is 5.56 Å². The predicted molar refractivity (Wildman–Crippen MR) is 52.6 cm³/mol. The normalized spacial score (nSPS) is 30.4. The fraction of sp³-hybridized carbons (Fsp3) is 0.364. The second-order valence-corrected chi connectivity index (χ2v) is 3.50. The third-order valence-corrected chi connectivity index (χ3v) is 2.71. The second-order valence-electron chi connectivity index (χ2n) is 3.50. The highest BCUT2D eigenvalue weighted by atomic mass is 16.3. The van der Waals surface area contributed by atoms with E-state index in [9.17, 15) is 0 Å². The molecule has 72 valence electrons. The zero-order chi connectivity index (χ0) is 9.97. The molecule has 3 atom stereocenters. The lowest BCUT2D eigenvalue weighted by molar-refractivity contribution is 0.151. The number of aliphatic hydroxyl groups is 1. The first-order chi connectivity index (χ1) is 6.86. The summed E-state index contributed by atoms with van der Waals surface area (Å²) in [4.78, 5) is 0. The van der Waals surface area contributed by atoms with Gasteiger partial charge >= 0.3 is 0 Å². The van der Waals surface area contributed by atoms with Crippen LogP contribution in [-0.2, 0) is 0 Å². The molecule has 0 bridgehead atoms. The van der Waals surface area contributed by atoms with Gasteiger partial charge in [-0.25, -0.2) is 0 Å². The smallest absolute Gasteiger partial charge is 0.104 e. The lowest BCUT2D eigenvalue weighted by Crippen LogP contribution is -2.60. The molecule has 1 aliphatic heterocycles. The third kappa shape index (κ3) is 1.39. The van der Waals surface area contributed by atoms with Crippen molar-refractivity contribution in [3.63, 3.8) is 0 Å². The Kier molecular flexibility index (Phi) is 2.49. The summed E-state index contributed by atoms with van der Waals surface area (Å²) in [5.41, 5.74) is 1.12. The maximum absolute atomic E-state index is 9.06. The maximum atomic E-state index is 9.06. The molecule has 0 aliphatic carbocycles. The first-order valence-electron chi connectivity index (χ1n) is 4.68. The molecule has 1 aliphatic rings. The summed E-state index contributed by atoms with van der Waals surface area (Å²) in [5.74, 6) is 0.131. The van der Waals surface area contributed by atoms with Crippen LogP contribution < -0.4 is 5.32 Å². The van der Waals surface area contributed by atoms with E-state index in [4.69, 9.17) is 10.4 Å². The van der Waals surface area contributed by atoms with E-state index in [1.807, 2.05) is 30.3 Å². The Hall–Kier alpha value is -1.37. The molecule has 0 aromatic heterocycles. The molecule has 2 N–H and O–H groups in total. The van der Waals surface area contributed by atoms with Gasteiger partial charge in [0.15, 0.2) is 0 Å². The Balaban J connectivity index is 2.20. The summed E-state index contributed by atoms with van der Waals surface area (Å²) in [6.07, 6.45) is 0. The molecule has 0 radical (unpaired) electrons. The highest BCUT2D eigenvalue weighted by Crippen LogP contribution is 2.31. The minimum atomic E-state index is -0.158. The van der Waals surface area contributed by atoms with Gasteiger partial charge in [0.25, 0.3) is 0 Å². The van der Waals surface area contributed by atoms with Crippen LogP contribution in [0.15, 0.2) is 30.3 Å². The summed E-state index contributed by atoms with van der Waals surface area (Å²) in [7, 11) is 0. The van der Waals surface area contributed by atoms with Gasteiger partial charge in [-0.3, -0.25) is 5.32 Å². The Bertz CT molecular complexity index is 344. The highest BCUT2D eigenvalue weighted by Gasteiger charge is 2.40. The third-order valence-electron chi connectivity index (χ3n) is 2.71. The fourth-order valence-electron chi connectivity index (χ4n) is 1.94. The fourth-order valence-corrected chi connectivity index (χ4v) is 1.94. The molecule has 3 nitrogen and oxygen atoms in total. The van der Waals surface area contributed by atoms with Crippen LogP contribution in [0.1, 0.15) is 11.5 Å². The molecule has 14 heavy (non-hydrogen) atoms. The lowest BCUT2D eigenvalue weighted by Gasteiger charge is -2.41. The number of hydrogen-bond acceptors (Lipinski definition) is 3. The van der Waals surface area contributed by atoms with Gasteiger partial charge in [-0.2, -0.15) is 5.26 Å². The van der Waals surface area contributed by atoms with Crippen LogP contribution in [0, 0.1) is 11.3 Å². The van der Waals surface area contributed by atoms with Gasteiger partial charge in [0.05, 0.1) is 12.7 Å². The summed E-state index contributed by atoms with van der Waals surface area (Å²) in [6.45, 7) is 0.0811. The standard InChI is InChI=1S/C11H12N2O/c12-6-9-11(10(7-14)13-9)8-4-2-1-3-5-8/h1-5,9-11,13-14H,7H2/t9-,10-,11+/m1/s1. The van der Waals surface area contributed by atoms with Crippen molar-refractivity contribution in [3.8, 4) is 6.07 Å². The van der Waals surface area contributed by atoms with Gasteiger partial charge in [0.1, 0.15) is 6.04 Å². The first kappa shape index (κ1) is 9.20. The zero-order valence-corrected chi connectivity index (χ0v) is 7.72. The van der Waals surface area contributed by atoms with Crippen LogP contribution >= 0.6 is 0 Å². The quantitative estimate of drug-likeness (QED) is 0.715. The van der Waals surface area contributed by atoms with Gasteiger partial charge < -0.3 is 5.11 Å². The molecule has 1 aromatic rings. The van der Waals surface area contributed by atoms with Crippen LogP contribution in [0.5, 0.6) is 0 Å². The average Bonchev–Trinajstić information content (AvgIpc) is 2.19. The van der Waals surface area contributed by atoms with E-state index in [-0.39, 0.29) is 24.6 Å². The number of hydrogen-bond donors (Lipinski definition) is 2. The summed E-state index contributed by atoms with van der Waals surface area (Å²) >= 11 is 0. The van der Waals surface area contributed by atoms with Crippen LogP contribution in [0.25, 0.3) is 0 Å². The average molecular weight is 188 g/mol. The lowest BCUT2D eigenvalue weighted by atomic mass is 9.78. The summed E-state index contributed by atoms with van der Waals surface area (Å²) in [6, 6.07) is 11.9. The zero-order valence-electron chi connectivity index (χ0n) is 7.72. The number of rotatable bonds is 2. The van der Waals surface area contributed by atoms with E-state index >= 15 is 0 Å². The molecule has 2 rings (SSSR count). The SMILES string of the molecule is N#C[C@H]1N[C@H](CO)[C@H]1c1ccccc1. The maximum Gasteiger partial charge on any atom is 0.104 e. The van der Waals surface area contributed by atoms with Crippen molar-refractivity contribution in [2.45, 2.75) is 18.0 Å². The van der Waals surface area contributed by atoms with Crippen LogP contribution in [0.3, 0.4) is 0 Å². The van der Waals surface area contributed by atoms with Crippen LogP contribution in [0.4, 0.5) is 0 Å². The monoisotopic (exact) mass is 188 g/mol. The van der Waals surface area contributed by atoms with Crippen molar-refractivity contribution in [2.75, 3.05) is 6.61 Å². The summed E-state index contributed by atoms with van der Waals surface area (Å²) in [5, 5.41) is 20.9. The van der Waals surface area contributed by atoms with Gasteiger partial charge in [0.2, 0.25) is 0 Å². The Morgan fingerprint density at radius 3 is 2.64 bits per heavy atom. The van der Waals surface area contributed by atoms with Crippen molar-refractivity contribution in [3.05, 3.63) is 35.9 Å². The van der Waals surface area contributed by atoms with Gasteiger partial charge in [0, 0.05) is 12.0 Å². The number of benzene rings is 1. The first-order valence-corrected chi connectivity index (χ1v) is 4.68. The van der Waals surface area contributed by atoms with Crippen molar-refractivity contribution in [1.29, 1.82) is 5.26 Å². The molecule has 0 amide bonds. The molecular weight excluding hydrogens is 176 g/mol. The highest BCUT2D eigenvalue weighted by molar-refractivity contribution is 5.30. The summed E-state index contributed by atoms with van der Waals surface area (Å²) < 4.78 is 0. The molecule has 0 spiro atoms. The molecular formula is C11H12N2O. The molecule has 0 saturated carbocycles. The van der Waals surface area contributed by atoms with Gasteiger partial charge in [-0.1, -0.05) is 30.3 Å². The molecule has 1 heterocycles. The van der Waals surface area contributed by atoms with E-state index in [1.165, 1.54) is 0 Å². The molecule has 1 fully saturated rings. The minimum absolute atomic E-state index is 0.0297. The molecule has 1 saturated heterocycles. The van der Waals surface area contributed by atoms with E-state index in [0.29, 0.717) is 0 Å². The van der Waals surface area contributed by atoms with Gasteiger partial charge in [-0.15, -0.1) is 0 Å². The minimum Gasteiger partial charge on any atom is -0.395 e. The van der Waals surface area contributed by atoms with Crippen molar-refractivity contribution in [2.24, 2.45) is 0 Å². The van der Waals surface area contributed by atoms with E-state index in [0.717, 1.165) is 5.56 Å². The van der Waals surface area contributed by atoms with Crippen molar-refractivity contribution < 1.29 is 5.11 Å². The Morgan fingerprint density at radius 1 is 1.36 bits per heavy atom. The van der Waals surface area contributed by atoms with Crippen molar-refractivity contribution >= 4 is 0 Å². The Labute approximate surface area is 83.0 Å². The molecule has 3 heteroatoms.